The Morgan fingerprint density at radius 2 is 1.93 bits per heavy atom. The van der Waals surface area contributed by atoms with Gasteiger partial charge in [-0.15, -0.1) is 0 Å². The number of anilines is 1. The molecule has 4 rings (SSSR count). The maximum Gasteiger partial charge on any atom is 0.238 e. The van der Waals surface area contributed by atoms with Gasteiger partial charge in [-0.05, 0) is 55.3 Å². The van der Waals surface area contributed by atoms with Gasteiger partial charge in [0.2, 0.25) is 5.91 Å². The van der Waals surface area contributed by atoms with E-state index in [4.69, 9.17) is 9.47 Å². The predicted molar refractivity (Wildman–Crippen MR) is 109 cm³/mol. The van der Waals surface area contributed by atoms with Crippen LogP contribution in [0.4, 0.5) is 5.69 Å². The van der Waals surface area contributed by atoms with Crippen molar-refractivity contribution in [1.82, 2.24) is 4.90 Å². The van der Waals surface area contributed by atoms with E-state index in [1.165, 1.54) is 12.1 Å². The van der Waals surface area contributed by atoms with Gasteiger partial charge in [0.05, 0.1) is 11.4 Å². The van der Waals surface area contributed by atoms with Gasteiger partial charge >= 0.3 is 0 Å². The van der Waals surface area contributed by atoms with Crippen LogP contribution < -0.4 is 14.8 Å². The lowest BCUT2D eigenvalue weighted by Gasteiger charge is -2.26. The van der Waals surface area contributed by atoms with Gasteiger partial charge in [-0.25, -0.2) is 8.42 Å². The molecule has 0 radical (unpaired) electrons. The summed E-state index contributed by atoms with van der Waals surface area (Å²) in [5, 5.41) is 2.81. The molecule has 1 fully saturated rings. The van der Waals surface area contributed by atoms with E-state index in [-0.39, 0.29) is 23.4 Å². The molecule has 2 aliphatic heterocycles. The van der Waals surface area contributed by atoms with Crippen LogP contribution in [-0.2, 0) is 14.6 Å². The first kappa shape index (κ1) is 19.7. The Balaban J connectivity index is 1.44. The number of carbonyl (C=O) groups is 1. The molecule has 29 heavy (non-hydrogen) atoms. The predicted octanol–water partition coefficient (Wildman–Crippen LogP) is 2.64. The smallest absolute Gasteiger partial charge is 0.238 e. The van der Waals surface area contributed by atoms with Gasteiger partial charge in [0.25, 0.3) is 0 Å². The summed E-state index contributed by atoms with van der Waals surface area (Å²) in [5.74, 6) is 1.34. The summed E-state index contributed by atoms with van der Waals surface area (Å²) in [6, 6.07) is 12.4. The molecule has 0 aliphatic carbocycles. The molecule has 8 heteroatoms. The number of nitrogens with one attached hydrogen (secondary N) is 1. The van der Waals surface area contributed by atoms with E-state index in [1.54, 1.807) is 12.1 Å². The molecular weight excluding hydrogens is 392 g/mol. The van der Waals surface area contributed by atoms with Crippen molar-refractivity contribution >= 4 is 21.4 Å². The van der Waals surface area contributed by atoms with Crippen molar-refractivity contribution in [2.45, 2.75) is 23.8 Å². The zero-order valence-corrected chi connectivity index (χ0v) is 17.1. The average molecular weight is 416 g/mol. The normalized spacial score (nSPS) is 19.1. The SMILES string of the molecule is CS(=O)(=O)c1cccc(NC(=O)CN2CCC[C@@H]2c2ccc3c(c2)OCCO3)c1. The lowest BCUT2D eigenvalue weighted by molar-refractivity contribution is -0.117. The second-order valence-electron chi connectivity index (χ2n) is 7.38. The number of hydrogen-bond acceptors (Lipinski definition) is 6. The molecule has 154 valence electrons. The highest BCUT2D eigenvalue weighted by molar-refractivity contribution is 7.90. The fourth-order valence-electron chi connectivity index (χ4n) is 3.85. The molecule has 0 bridgehead atoms. The zero-order valence-electron chi connectivity index (χ0n) is 16.3. The summed E-state index contributed by atoms with van der Waals surface area (Å²) in [7, 11) is -3.32. The third-order valence-electron chi connectivity index (χ3n) is 5.21. The summed E-state index contributed by atoms with van der Waals surface area (Å²) < 4.78 is 34.7. The monoisotopic (exact) mass is 416 g/mol. The van der Waals surface area contributed by atoms with Crippen molar-refractivity contribution in [3.8, 4) is 11.5 Å². The number of benzene rings is 2. The molecule has 0 aromatic heterocycles. The molecule has 1 saturated heterocycles. The average Bonchev–Trinajstić information content (AvgIpc) is 3.15. The van der Waals surface area contributed by atoms with Gasteiger partial charge in [-0.3, -0.25) is 9.69 Å². The Hall–Kier alpha value is -2.58. The first-order valence-electron chi connectivity index (χ1n) is 9.64. The summed E-state index contributed by atoms with van der Waals surface area (Å²) in [5.41, 5.74) is 1.59. The summed E-state index contributed by atoms with van der Waals surface area (Å²) >= 11 is 0. The van der Waals surface area contributed by atoms with Crippen molar-refractivity contribution in [1.29, 1.82) is 0 Å². The minimum absolute atomic E-state index is 0.138. The second-order valence-corrected chi connectivity index (χ2v) is 9.40. The zero-order chi connectivity index (χ0) is 20.4. The van der Waals surface area contributed by atoms with Gasteiger partial charge in [-0.2, -0.15) is 0 Å². The van der Waals surface area contributed by atoms with Crippen LogP contribution in [0.15, 0.2) is 47.4 Å². The van der Waals surface area contributed by atoms with Gasteiger partial charge in [-0.1, -0.05) is 12.1 Å². The molecular formula is C21H24N2O5S. The van der Waals surface area contributed by atoms with E-state index >= 15 is 0 Å². The van der Waals surface area contributed by atoms with E-state index in [0.29, 0.717) is 18.9 Å². The topological polar surface area (TPSA) is 84.9 Å². The lowest BCUT2D eigenvalue weighted by Crippen LogP contribution is -2.33. The first-order chi connectivity index (χ1) is 13.9. The van der Waals surface area contributed by atoms with E-state index in [2.05, 4.69) is 10.2 Å². The third-order valence-corrected chi connectivity index (χ3v) is 6.32. The molecule has 7 nitrogen and oxygen atoms in total. The molecule has 1 N–H and O–H groups in total. The van der Waals surface area contributed by atoms with Gasteiger partial charge < -0.3 is 14.8 Å². The largest absolute Gasteiger partial charge is 0.486 e. The minimum Gasteiger partial charge on any atom is -0.486 e. The highest BCUT2D eigenvalue weighted by Crippen LogP contribution is 2.37. The summed E-state index contributed by atoms with van der Waals surface area (Å²) in [4.78, 5) is 14.9. The van der Waals surface area contributed by atoms with E-state index < -0.39 is 9.84 Å². The van der Waals surface area contributed by atoms with Crippen LogP contribution >= 0.6 is 0 Å². The van der Waals surface area contributed by atoms with Gasteiger partial charge in [0.1, 0.15) is 13.2 Å². The summed E-state index contributed by atoms with van der Waals surface area (Å²) in [6.45, 7) is 2.17. The number of amides is 1. The fourth-order valence-corrected chi connectivity index (χ4v) is 4.52. The maximum absolute atomic E-state index is 12.6. The van der Waals surface area contributed by atoms with Crippen molar-refractivity contribution in [3.63, 3.8) is 0 Å². The van der Waals surface area contributed by atoms with Crippen LogP contribution in [0.3, 0.4) is 0 Å². The third kappa shape index (κ3) is 4.54. The highest BCUT2D eigenvalue weighted by atomic mass is 32.2. The van der Waals surface area contributed by atoms with E-state index in [1.807, 2.05) is 18.2 Å². The van der Waals surface area contributed by atoms with Crippen molar-refractivity contribution in [2.75, 3.05) is 37.9 Å². The van der Waals surface area contributed by atoms with Crippen LogP contribution in [0.25, 0.3) is 0 Å². The van der Waals surface area contributed by atoms with Crippen LogP contribution in [0.5, 0.6) is 11.5 Å². The van der Waals surface area contributed by atoms with E-state index in [0.717, 1.165) is 42.7 Å². The molecule has 0 unspecified atom stereocenters. The molecule has 2 aromatic carbocycles. The number of ether oxygens (including phenoxy) is 2. The Morgan fingerprint density at radius 1 is 1.14 bits per heavy atom. The number of likely N-dealkylation sites (tertiary alicyclic amines) is 1. The number of fused-ring (bicyclic) bond motifs is 1. The molecule has 0 saturated carbocycles. The summed E-state index contributed by atoms with van der Waals surface area (Å²) in [6.07, 6.45) is 3.13. The van der Waals surface area contributed by atoms with E-state index in [9.17, 15) is 13.2 Å². The number of sulfone groups is 1. The van der Waals surface area contributed by atoms with Crippen molar-refractivity contribution in [2.24, 2.45) is 0 Å². The van der Waals surface area contributed by atoms with Crippen LogP contribution in [-0.4, -0.2) is 51.8 Å². The quantitative estimate of drug-likeness (QED) is 0.807. The van der Waals surface area contributed by atoms with Gasteiger partial charge in [0.15, 0.2) is 21.3 Å². The number of carbonyl (C=O) groups excluding carboxylic acids is 1. The minimum atomic E-state index is -3.32. The molecule has 2 heterocycles. The second kappa shape index (κ2) is 8.04. The first-order valence-corrected chi connectivity index (χ1v) is 11.5. The Bertz CT molecular complexity index is 1020. The fraction of sp³-hybridized carbons (Fsp3) is 0.381. The van der Waals surface area contributed by atoms with Crippen molar-refractivity contribution < 1.29 is 22.7 Å². The maximum atomic E-state index is 12.6. The van der Waals surface area contributed by atoms with Crippen LogP contribution in [0, 0.1) is 0 Å². The standard InChI is InChI=1S/C21H24N2O5S/c1-29(25,26)17-5-2-4-16(13-17)22-21(24)14-23-9-3-6-18(23)15-7-8-19-20(12-15)28-11-10-27-19/h2,4-5,7-8,12-13,18H,3,6,9-11,14H2,1H3,(H,22,24)/t18-/m1/s1. The molecule has 2 aromatic rings. The highest BCUT2D eigenvalue weighted by Gasteiger charge is 2.28. The number of rotatable bonds is 5. The lowest BCUT2D eigenvalue weighted by atomic mass is 10.0. The molecule has 2 aliphatic rings. The van der Waals surface area contributed by atoms with Crippen LogP contribution in [0.2, 0.25) is 0 Å². The molecule has 1 atom stereocenters. The van der Waals surface area contributed by atoms with Crippen molar-refractivity contribution in [3.05, 3.63) is 48.0 Å². The Morgan fingerprint density at radius 3 is 2.72 bits per heavy atom. The van der Waals surface area contributed by atoms with Crippen LogP contribution in [0.1, 0.15) is 24.4 Å². The Labute approximate surface area is 170 Å². The number of nitrogens with zero attached hydrogens (tertiary/aromatic N) is 1. The Kier molecular flexibility index (Phi) is 5.47. The number of hydrogen-bond donors (Lipinski definition) is 1. The van der Waals surface area contributed by atoms with Gasteiger partial charge in [0, 0.05) is 18.0 Å². The molecule has 1 amide bonds. The molecule has 0 spiro atoms.